The third-order valence-corrected chi connectivity index (χ3v) is 3.53. The van der Waals surface area contributed by atoms with E-state index in [2.05, 4.69) is 15.2 Å². The number of hydrogen-bond acceptors (Lipinski definition) is 6. The van der Waals surface area contributed by atoms with Gasteiger partial charge in [0.15, 0.2) is 0 Å². The summed E-state index contributed by atoms with van der Waals surface area (Å²) in [6, 6.07) is 0. The van der Waals surface area contributed by atoms with E-state index in [0.717, 1.165) is 4.90 Å². The van der Waals surface area contributed by atoms with Gasteiger partial charge < -0.3 is 5.73 Å². The van der Waals surface area contributed by atoms with Crippen LogP contribution in [0.1, 0.15) is 6.42 Å². The van der Waals surface area contributed by atoms with E-state index in [4.69, 9.17) is 10.9 Å². The van der Waals surface area contributed by atoms with Crippen molar-refractivity contribution >= 4 is 27.8 Å². The third-order valence-electron chi connectivity index (χ3n) is 2.29. The lowest BCUT2D eigenvalue weighted by atomic mass is 10.4. The number of nitrogens with one attached hydrogen (secondary N) is 1. The molecule has 2 heterocycles. The van der Waals surface area contributed by atoms with Gasteiger partial charge in [-0.15, -0.1) is 5.10 Å². The summed E-state index contributed by atoms with van der Waals surface area (Å²) in [5.74, 6) is -0.270. The third kappa shape index (κ3) is 1.84. The van der Waals surface area contributed by atoms with E-state index >= 15 is 0 Å². The number of anilines is 2. The molecule has 1 aromatic heterocycles. The molecule has 0 aliphatic carbocycles. The van der Waals surface area contributed by atoms with Gasteiger partial charge in [-0.2, -0.15) is 4.98 Å². The minimum Gasteiger partial charge on any atom is -0.368 e. The second kappa shape index (κ2) is 3.42. The number of rotatable bonds is 2. The normalized spacial score (nSPS) is 21.7. The number of nitrogens with zero attached hydrogens (tertiary/aromatic N) is 3. The molecule has 16 heavy (non-hydrogen) atoms. The molecule has 0 spiro atoms. The maximum Gasteiger partial charge on any atom is 0.253 e. The van der Waals surface area contributed by atoms with Gasteiger partial charge in [0.1, 0.15) is 5.25 Å². The van der Waals surface area contributed by atoms with Crippen LogP contribution in [0.3, 0.4) is 0 Å². The van der Waals surface area contributed by atoms with E-state index in [1.807, 2.05) is 0 Å². The lowest BCUT2D eigenvalue weighted by Gasteiger charge is -2.10. The minimum absolute atomic E-state index is 0.0467. The highest BCUT2D eigenvalue weighted by atomic mass is 32.2. The van der Waals surface area contributed by atoms with E-state index in [1.54, 1.807) is 0 Å². The molecule has 5 N–H and O–H groups in total. The first kappa shape index (κ1) is 10.8. The molecule has 1 fully saturated rings. The van der Waals surface area contributed by atoms with Crippen LogP contribution in [0.2, 0.25) is 0 Å². The number of carbonyl (C=O) groups excluding carboxylic acids is 1. The second-order valence-corrected chi connectivity index (χ2v) is 5.28. The smallest absolute Gasteiger partial charge is 0.253 e. The van der Waals surface area contributed by atoms with Gasteiger partial charge in [0.05, 0.1) is 0 Å². The van der Waals surface area contributed by atoms with E-state index in [0.29, 0.717) is 0 Å². The van der Waals surface area contributed by atoms with Crippen LogP contribution >= 0.6 is 0 Å². The van der Waals surface area contributed by atoms with Crippen LogP contribution in [0, 0.1) is 0 Å². The fourth-order valence-corrected chi connectivity index (χ4v) is 2.21. The highest BCUT2D eigenvalue weighted by Crippen LogP contribution is 2.21. The molecule has 2 rings (SSSR count). The zero-order chi connectivity index (χ0) is 11.9. The van der Waals surface area contributed by atoms with Crippen molar-refractivity contribution in [3.05, 3.63) is 0 Å². The van der Waals surface area contributed by atoms with E-state index in [1.165, 1.54) is 0 Å². The number of hydrogen-bond donors (Lipinski definition) is 3. The Morgan fingerprint density at radius 1 is 1.50 bits per heavy atom. The maximum absolute atomic E-state index is 11.5. The van der Waals surface area contributed by atoms with Crippen molar-refractivity contribution in [3.8, 4) is 0 Å². The molecule has 0 bridgehead atoms. The van der Waals surface area contributed by atoms with Crippen molar-refractivity contribution in [1.82, 2.24) is 15.2 Å². The number of H-pyrrole nitrogens is 1. The van der Waals surface area contributed by atoms with Crippen molar-refractivity contribution < 1.29 is 13.2 Å². The fourth-order valence-electron chi connectivity index (χ4n) is 1.47. The van der Waals surface area contributed by atoms with Crippen molar-refractivity contribution in [2.45, 2.75) is 11.7 Å². The second-order valence-electron chi connectivity index (χ2n) is 3.44. The number of sulfonamides is 1. The molecule has 1 saturated heterocycles. The first-order valence-corrected chi connectivity index (χ1v) is 5.98. The largest absolute Gasteiger partial charge is 0.368 e. The molecule has 0 saturated carbocycles. The van der Waals surface area contributed by atoms with Crippen LogP contribution in [0.25, 0.3) is 0 Å². The molecule has 10 heteroatoms. The standard InChI is InChI=1S/C6H10N6O3S/c7-5-9-6(11-10-5)12-2-3(1-4(12)13)16(8,14)15/h3H,1-2H2,(H2,8,14,15)(H3,7,9,10,11). The van der Waals surface area contributed by atoms with Gasteiger partial charge in [0.25, 0.3) is 5.95 Å². The van der Waals surface area contributed by atoms with Gasteiger partial charge in [0, 0.05) is 13.0 Å². The Kier molecular flexibility index (Phi) is 2.31. The van der Waals surface area contributed by atoms with Gasteiger partial charge in [-0.1, -0.05) is 0 Å². The number of aromatic nitrogens is 3. The first-order valence-electron chi connectivity index (χ1n) is 4.38. The highest BCUT2D eigenvalue weighted by molar-refractivity contribution is 7.89. The predicted molar refractivity (Wildman–Crippen MR) is 54.7 cm³/mol. The Morgan fingerprint density at radius 3 is 2.62 bits per heavy atom. The van der Waals surface area contributed by atoms with Gasteiger partial charge in [-0.25, -0.2) is 18.7 Å². The first-order chi connectivity index (χ1) is 7.38. The van der Waals surface area contributed by atoms with Gasteiger partial charge in [0.2, 0.25) is 21.9 Å². The van der Waals surface area contributed by atoms with Crippen LogP contribution in [0.15, 0.2) is 0 Å². The van der Waals surface area contributed by atoms with E-state index in [9.17, 15) is 13.2 Å². The lowest BCUT2D eigenvalue weighted by molar-refractivity contribution is -0.117. The Balaban J connectivity index is 2.24. The molecule has 1 aromatic rings. The Hall–Kier alpha value is -1.68. The summed E-state index contributed by atoms with van der Waals surface area (Å²) in [5, 5.41) is 10.1. The molecule has 1 atom stereocenters. The topological polar surface area (TPSA) is 148 Å². The molecule has 0 aromatic carbocycles. The summed E-state index contributed by atoms with van der Waals surface area (Å²) < 4.78 is 22.2. The van der Waals surface area contributed by atoms with Crippen molar-refractivity contribution in [2.75, 3.05) is 17.2 Å². The zero-order valence-corrected chi connectivity index (χ0v) is 8.94. The number of amides is 1. The van der Waals surface area contributed by atoms with Crippen LogP contribution < -0.4 is 15.8 Å². The van der Waals surface area contributed by atoms with Crippen molar-refractivity contribution in [2.24, 2.45) is 5.14 Å². The van der Waals surface area contributed by atoms with Crippen molar-refractivity contribution in [3.63, 3.8) is 0 Å². The van der Waals surface area contributed by atoms with Crippen molar-refractivity contribution in [1.29, 1.82) is 0 Å². The molecular weight excluding hydrogens is 236 g/mol. The van der Waals surface area contributed by atoms with Gasteiger partial charge in [-0.05, 0) is 0 Å². The Morgan fingerprint density at radius 2 is 2.19 bits per heavy atom. The number of primary sulfonamides is 1. The summed E-state index contributed by atoms with van der Waals surface area (Å²) in [6.45, 7) is -0.0467. The summed E-state index contributed by atoms with van der Waals surface area (Å²) in [6.07, 6.45) is -0.159. The minimum atomic E-state index is -3.73. The lowest BCUT2D eigenvalue weighted by Crippen LogP contribution is -2.32. The summed E-state index contributed by atoms with van der Waals surface area (Å²) >= 11 is 0. The average Bonchev–Trinajstić information content (AvgIpc) is 2.70. The number of carbonyl (C=O) groups is 1. The fraction of sp³-hybridized carbons (Fsp3) is 0.500. The van der Waals surface area contributed by atoms with E-state index in [-0.39, 0.29) is 24.9 Å². The molecule has 1 amide bonds. The molecule has 0 radical (unpaired) electrons. The number of aromatic amines is 1. The SMILES string of the molecule is Nc1nc(N2CC(S(N)(=O)=O)CC2=O)n[nH]1. The summed E-state index contributed by atoms with van der Waals surface area (Å²) in [5.41, 5.74) is 5.30. The predicted octanol–water partition coefficient (Wildman–Crippen LogP) is -2.22. The average molecular weight is 246 g/mol. The molecule has 1 aliphatic rings. The Bertz CT molecular complexity index is 522. The van der Waals surface area contributed by atoms with Crippen LogP contribution in [0.5, 0.6) is 0 Å². The summed E-state index contributed by atoms with van der Waals surface area (Å²) in [7, 11) is -3.73. The molecule has 1 aliphatic heterocycles. The summed E-state index contributed by atoms with van der Waals surface area (Å²) in [4.78, 5) is 16.4. The van der Waals surface area contributed by atoms with Gasteiger partial charge >= 0.3 is 0 Å². The molecule has 9 nitrogen and oxygen atoms in total. The number of nitrogens with two attached hydrogens (primary N) is 2. The molecule has 88 valence electrons. The molecular formula is C6H10N6O3S. The maximum atomic E-state index is 11.5. The van der Waals surface area contributed by atoms with Gasteiger partial charge in [-0.3, -0.25) is 9.69 Å². The van der Waals surface area contributed by atoms with Crippen LogP contribution in [-0.4, -0.2) is 41.3 Å². The molecule has 1 unspecified atom stereocenters. The highest BCUT2D eigenvalue weighted by Gasteiger charge is 2.38. The Labute approximate surface area is 90.9 Å². The zero-order valence-electron chi connectivity index (χ0n) is 8.12. The monoisotopic (exact) mass is 246 g/mol. The van der Waals surface area contributed by atoms with Crippen LogP contribution in [0.4, 0.5) is 11.9 Å². The quantitative estimate of drug-likeness (QED) is 0.538. The van der Waals surface area contributed by atoms with E-state index < -0.39 is 21.2 Å². The number of nitrogen functional groups attached to an aromatic ring is 1. The van der Waals surface area contributed by atoms with Crippen LogP contribution in [-0.2, 0) is 14.8 Å².